The fourth-order valence-corrected chi connectivity index (χ4v) is 21.4. The van der Waals surface area contributed by atoms with Crippen LogP contribution in [0.3, 0.4) is 0 Å². The molecule has 0 bridgehead atoms. The molecule has 0 aliphatic carbocycles. The number of unbranched alkanes of at least 4 members (excludes halogenated alkanes) is 28. The van der Waals surface area contributed by atoms with Crippen LogP contribution >= 0.6 is 0 Å². The number of aliphatic carboxylic acids is 1. The zero-order chi connectivity index (χ0) is 70.1. The number of carbonyl (C=O) groups is 7. The van der Waals surface area contributed by atoms with Crippen molar-refractivity contribution in [1.82, 2.24) is 0 Å². The number of hydrogen-bond donors (Lipinski definition) is 1. The van der Waals surface area contributed by atoms with E-state index >= 15 is 0 Å². The monoisotopic (exact) mass is 1400 g/mol. The summed E-state index contributed by atoms with van der Waals surface area (Å²) in [5.74, 6) is -2.23. The fourth-order valence-electron chi connectivity index (χ4n) is 8.43. The summed E-state index contributed by atoms with van der Waals surface area (Å²) in [6, 6.07) is 0. The normalized spacial score (nSPS) is 9.91. The Bertz CT molecular complexity index is 1700. The standard InChI is InChI=1S/C16H30O2.C14H26O2.C13H24O2.C9H16O2.C6H10O2.3C4H9.2C3H4O2.Sn/c1-3-5-6-7-8-9-10-11-12-13-14-15-18-16(17)4-2;1-3-5-6-7-8-9-10-11-12-13-16-14(15)4-2;1-3-5-6-7-8-9-10-11-12-15-13(14)4-2;1-4-8(5-2)7-11-9(10)6-3;1-3-5-8-6(7)4-2;3*1-3-4-2;2*1-2-3(4)5;/h4H,2-3,5-15H2,1H3;4H,2-3,5-13H2,1H3;4H,2-3,5-12H2,1H3;6,8H,3-5,7H2,1-2H3;4H,2-3,5H2,1H3;3*1,3-4H2,2H3;2*2H,1H2,(H,4,5);/q;;;;;;;;;;+1/p-1. The van der Waals surface area contributed by atoms with Gasteiger partial charge in [-0.25, -0.2) is 28.8 Å². The third-order valence-electron chi connectivity index (χ3n) is 14.2. The van der Waals surface area contributed by atoms with Gasteiger partial charge in [0, 0.05) is 36.5 Å². The van der Waals surface area contributed by atoms with E-state index in [1.807, 2.05) is 6.92 Å². The van der Waals surface area contributed by atoms with Crippen LogP contribution in [0, 0.1) is 5.92 Å². The van der Waals surface area contributed by atoms with Gasteiger partial charge in [-0.15, -0.1) is 0 Å². The van der Waals surface area contributed by atoms with E-state index in [0.717, 1.165) is 63.5 Å². The molecule has 0 saturated carbocycles. The molecule has 0 radical (unpaired) electrons. The van der Waals surface area contributed by atoms with E-state index in [2.05, 4.69) is 106 Å². The molecule has 0 rings (SSSR count). The molecule has 0 aromatic heterocycles. The first-order valence-corrected chi connectivity index (χ1v) is 42.8. The van der Waals surface area contributed by atoms with Gasteiger partial charge in [0.25, 0.3) is 0 Å². The van der Waals surface area contributed by atoms with Crippen LogP contribution in [0.2, 0.25) is 13.3 Å². The zero-order valence-corrected chi connectivity index (χ0v) is 63.0. The average Bonchev–Trinajstić information content (AvgIpc) is 3.07. The molecule has 0 aromatic carbocycles. The molecule has 0 aromatic rings. The summed E-state index contributed by atoms with van der Waals surface area (Å²) in [4.78, 5) is 73.9. The summed E-state index contributed by atoms with van der Waals surface area (Å²) in [6.45, 7) is 45.3. The summed E-state index contributed by atoms with van der Waals surface area (Å²) in [7, 11) is 0. The minimum absolute atomic E-state index is 0.172. The SMILES string of the molecule is C=CC(=O)O.C=CC(=O)OCC(CC)CC.C=CC(=O)OCCC.C=CC(=O)OCCCCCCCCCC.C=CC(=O)OCCCCCCCCCCC.C=CC(=O)OCCCCCCCCCCCCC.C=CC(=O)[O][Sn]([CH2]CCC)([CH2]CCC)[CH2]CCC. The van der Waals surface area contributed by atoms with Gasteiger partial charge in [-0.3, -0.25) is 0 Å². The summed E-state index contributed by atoms with van der Waals surface area (Å²) >= 11 is -2.69. The van der Waals surface area contributed by atoms with Gasteiger partial charge >= 0.3 is 154 Å². The molecule has 0 amide bonds. The van der Waals surface area contributed by atoms with Crippen molar-refractivity contribution in [3.05, 3.63) is 88.6 Å². The molecular formula is C76H140O14Sn. The van der Waals surface area contributed by atoms with E-state index in [1.54, 1.807) is 0 Å². The third-order valence-corrected chi connectivity index (χ3v) is 26.9. The van der Waals surface area contributed by atoms with Crippen molar-refractivity contribution in [2.75, 3.05) is 33.0 Å². The predicted molar refractivity (Wildman–Crippen MR) is 385 cm³/mol. The van der Waals surface area contributed by atoms with Crippen LogP contribution in [0.1, 0.15) is 300 Å². The van der Waals surface area contributed by atoms with Gasteiger partial charge in [-0.2, -0.15) is 0 Å². The Morgan fingerprint density at radius 2 is 0.516 bits per heavy atom. The maximum absolute atomic E-state index is 11.6. The summed E-state index contributed by atoms with van der Waals surface area (Å²) in [6.07, 6.45) is 54.4. The second-order valence-electron chi connectivity index (χ2n) is 22.5. The summed E-state index contributed by atoms with van der Waals surface area (Å²) in [5, 5.41) is 7.60. The number of esters is 5. The molecular weight excluding hydrogens is 1260 g/mol. The molecule has 532 valence electrons. The van der Waals surface area contributed by atoms with Crippen LogP contribution in [-0.2, 0) is 60.3 Å². The average molecular weight is 1400 g/mol. The van der Waals surface area contributed by atoms with Gasteiger partial charge in [0.05, 0.1) is 33.0 Å². The number of rotatable bonds is 54. The van der Waals surface area contributed by atoms with Crippen molar-refractivity contribution in [2.24, 2.45) is 5.92 Å². The fraction of sp³-hybridized carbons (Fsp3) is 0.724. The number of ether oxygens (including phenoxy) is 5. The van der Waals surface area contributed by atoms with Gasteiger partial charge in [-0.05, 0) is 31.6 Å². The van der Waals surface area contributed by atoms with Crippen molar-refractivity contribution in [3.8, 4) is 0 Å². The van der Waals surface area contributed by atoms with Crippen LogP contribution in [0.4, 0.5) is 0 Å². The Morgan fingerprint density at radius 1 is 0.297 bits per heavy atom. The van der Waals surface area contributed by atoms with Crippen molar-refractivity contribution in [3.63, 3.8) is 0 Å². The third kappa shape index (κ3) is 94.1. The van der Waals surface area contributed by atoms with Crippen LogP contribution in [0.5, 0.6) is 0 Å². The van der Waals surface area contributed by atoms with Crippen LogP contribution in [0.25, 0.3) is 0 Å². The molecule has 15 heteroatoms. The number of hydrogen-bond acceptors (Lipinski definition) is 13. The van der Waals surface area contributed by atoms with Crippen LogP contribution in [-0.4, -0.2) is 98.7 Å². The van der Waals surface area contributed by atoms with Crippen molar-refractivity contribution in [1.29, 1.82) is 0 Å². The van der Waals surface area contributed by atoms with Gasteiger partial charge in [-0.1, -0.05) is 254 Å². The Balaban J connectivity index is -0.000000186. The molecule has 1 N–H and O–H groups in total. The van der Waals surface area contributed by atoms with Gasteiger partial charge in [0.15, 0.2) is 0 Å². The Labute approximate surface area is 563 Å². The van der Waals surface area contributed by atoms with Gasteiger partial charge < -0.3 is 28.8 Å². The molecule has 0 saturated heterocycles. The Hall–Kier alpha value is -4.73. The van der Waals surface area contributed by atoms with Crippen molar-refractivity contribution in [2.45, 2.75) is 313 Å². The van der Waals surface area contributed by atoms with E-state index in [4.69, 9.17) is 27.1 Å². The molecule has 91 heavy (non-hydrogen) atoms. The minimum atomic E-state index is -2.69. The van der Waals surface area contributed by atoms with Crippen LogP contribution in [0.15, 0.2) is 88.6 Å². The van der Waals surface area contributed by atoms with E-state index in [9.17, 15) is 33.6 Å². The number of carbonyl (C=O) groups excluding carboxylic acids is 6. The molecule has 0 unspecified atom stereocenters. The van der Waals surface area contributed by atoms with E-state index in [0.29, 0.717) is 39.0 Å². The van der Waals surface area contributed by atoms with E-state index in [-0.39, 0.29) is 35.8 Å². The molecule has 0 aliphatic heterocycles. The molecule has 14 nitrogen and oxygen atoms in total. The van der Waals surface area contributed by atoms with Crippen molar-refractivity contribution >= 4 is 60.6 Å². The first-order valence-electron chi connectivity index (χ1n) is 35.6. The second kappa shape index (κ2) is 87.3. The Morgan fingerprint density at radius 3 is 0.725 bits per heavy atom. The molecule has 0 fully saturated rings. The first-order chi connectivity index (χ1) is 43.9. The molecule has 0 spiro atoms. The second-order valence-corrected chi connectivity index (χ2v) is 34.1. The van der Waals surface area contributed by atoms with E-state index < -0.39 is 24.8 Å². The predicted octanol–water partition coefficient (Wildman–Crippen LogP) is 21.7. The molecule has 0 atom stereocenters. The molecule has 0 heterocycles. The number of carboxylic acids is 1. The van der Waals surface area contributed by atoms with Crippen molar-refractivity contribution < 1.29 is 65.4 Å². The van der Waals surface area contributed by atoms with Gasteiger partial charge in [0.1, 0.15) is 0 Å². The first kappa shape index (κ1) is 99.8. The van der Waals surface area contributed by atoms with Crippen LogP contribution < -0.4 is 0 Å². The summed E-state index contributed by atoms with van der Waals surface area (Å²) in [5.41, 5.74) is 0. The number of carboxylic acid groups (broad SMARTS) is 1. The van der Waals surface area contributed by atoms with Gasteiger partial charge in [0.2, 0.25) is 0 Å². The summed E-state index contributed by atoms with van der Waals surface area (Å²) < 4.78 is 33.7. The topological polar surface area (TPSA) is 195 Å². The Kier molecular flexibility index (Phi) is 95.8. The quantitative estimate of drug-likeness (QED) is 0.0199. The zero-order valence-electron chi connectivity index (χ0n) is 60.1. The molecule has 0 aliphatic rings. The van der Waals surface area contributed by atoms with E-state index in [1.165, 1.54) is 230 Å². The maximum atomic E-state index is 11.6.